The zero-order valence-electron chi connectivity index (χ0n) is 18.5. The van der Waals surface area contributed by atoms with Gasteiger partial charge in [-0.05, 0) is 44.7 Å². The Kier molecular flexibility index (Phi) is 7.17. The highest BCUT2D eigenvalue weighted by atomic mass is 35.5. The number of halogens is 1. The number of carbonyl (C=O) groups is 2. The van der Waals surface area contributed by atoms with Crippen molar-refractivity contribution in [1.82, 2.24) is 20.8 Å². The Morgan fingerprint density at radius 1 is 1.09 bits per heavy atom. The number of hydrogen-bond donors (Lipinski definition) is 3. The van der Waals surface area contributed by atoms with E-state index in [0.717, 1.165) is 31.2 Å². The molecule has 0 radical (unpaired) electrons. The van der Waals surface area contributed by atoms with Crippen LogP contribution in [0.2, 0.25) is 5.02 Å². The fourth-order valence-electron chi connectivity index (χ4n) is 4.35. The molecule has 1 aromatic heterocycles. The Labute approximate surface area is 196 Å². The van der Waals surface area contributed by atoms with Gasteiger partial charge in [-0.3, -0.25) is 9.59 Å². The van der Waals surface area contributed by atoms with Gasteiger partial charge in [0.15, 0.2) is 0 Å². The normalized spacial score (nSPS) is 22.6. The van der Waals surface area contributed by atoms with Crippen LogP contribution >= 0.6 is 11.6 Å². The van der Waals surface area contributed by atoms with Crippen LogP contribution in [-0.2, 0) is 4.74 Å². The van der Waals surface area contributed by atoms with Crippen LogP contribution < -0.4 is 21.1 Å². The quantitative estimate of drug-likeness (QED) is 0.614. The number of hydrogen-bond acceptors (Lipinski definition) is 6. The third kappa shape index (κ3) is 5.84. The van der Waals surface area contributed by atoms with Gasteiger partial charge in [0.25, 0.3) is 11.5 Å². The summed E-state index contributed by atoms with van der Waals surface area (Å²) in [5.74, 6) is -0.0627. The molecule has 0 unspecified atom stereocenters. The number of aromatic nitrogens is 2. The zero-order chi connectivity index (χ0) is 23.4. The molecule has 1 saturated heterocycles. The van der Waals surface area contributed by atoms with E-state index in [4.69, 9.17) is 16.3 Å². The van der Waals surface area contributed by atoms with E-state index in [0.29, 0.717) is 30.8 Å². The second-order valence-electron chi connectivity index (χ2n) is 8.69. The largest absolute Gasteiger partial charge is 0.444 e. The Hall–Kier alpha value is -3.07. The van der Waals surface area contributed by atoms with Gasteiger partial charge in [0.1, 0.15) is 11.1 Å². The maximum atomic E-state index is 12.4. The Balaban J connectivity index is 1.19. The highest BCUT2D eigenvalue weighted by Gasteiger charge is 2.29. The fraction of sp³-hybridized carbons (Fsp3) is 0.478. The first kappa shape index (κ1) is 23.1. The van der Waals surface area contributed by atoms with Crippen LogP contribution in [0.3, 0.4) is 0 Å². The Bertz CT molecular complexity index is 1050. The van der Waals surface area contributed by atoms with Gasteiger partial charge in [-0.15, -0.1) is 0 Å². The van der Waals surface area contributed by atoms with E-state index in [9.17, 15) is 14.4 Å². The van der Waals surface area contributed by atoms with Crippen LogP contribution in [0.5, 0.6) is 0 Å². The van der Waals surface area contributed by atoms with Crippen LogP contribution in [0.1, 0.15) is 48.0 Å². The number of H-pyrrole nitrogens is 1. The summed E-state index contributed by atoms with van der Waals surface area (Å²) in [5.41, 5.74) is 1.87. The lowest BCUT2D eigenvalue weighted by molar-refractivity contribution is 0.0909. The molecule has 2 amide bonds. The fourth-order valence-corrected chi connectivity index (χ4v) is 4.56. The summed E-state index contributed by atoms with van der Waals surface area (Å²) in [5, 5.41) is 12.2. The topological polar surface area (TPSA) is 116 Å². The van der Waals surface area contributed by atoms with Gasteiger partial charge in [0.05, 0.1) is 18.4 Å². The molecular formula is C23H28ClN5O4. The van der Waals surface area contributed by atoms with E-state index < -0.39 is 11.7 Å². The van der Waals surface area contributed by atoms with Crippen molar-refractivity contribution in [2.45, 2.75) is 57.2 Å². The Morgan fingerprint density at radius 3 is 2.45 bits per heavy atom. The number of carbonyl (C=O) groups excluding carboxylic acids is 2. The average molecular weight is 474 g/mol. The minimum absolute atomic E-state index is 0.0221. The Morgan fingerprint density at radius 2 is 1.76 bits per heavy atom. The van der Waals surface area contributed by atoms with Crippen LogP contribution in [0.15, 0.2) is 35.3 Å². The third-order valence-electron chi connectivity index (χ3n) is 6.23. The summed E-state index contributed by atoms with van der Waals surface area (Å²) < 4.78 is 5.58. The van der Waals surface area contributed by atoms with Gasteiger partial charge in [-0.2, -0.15) is 5.10 Å². The highest BCUT2D eigenvalue weighted by Crippen LogP contribution is 2.26. The van der Waals surface area contributed by atoms with E-state index in [2.05, 4.69) is 20.8 Å². The molecule has 1 aromatic carbocycles. The monoisotopic (exact) mass is 473 g/mol. The second kappa shape index (κ2) is 10.2. The number of ether oxygens (including phenoxy) is 1. The van der Waals surface area contributed by atoms with Gasteiger partial charge in [-0.25, -0.2) is 9.89 Å². The van der Waals surface area contributed by atoms with Crippen molar-refractivity contribution in [3.05, 3.63) is 57.0 Å². The van der Waals surface area contributed by atoms with Gasteiger partial charge in [0.2, 0.25) is 0 Å². The summed E-state index contributed by atoms with van der Waals surface area (Å²) in [6, 6.07) is 7.64. The first-order valence-corrected chi connectivity index (χ1v) is 11.6. The van der Waals surface area contributed by atoms with E-state index in [-0.39, 0.29) is 29.1 Å². The smallest absolute Gasteiger partial charge is 0.407 e. The molecule has 2 heterocycles. The molecule has 4 rings (SSSR count). The van der Waals surface area contributed by atoms with E-state index in [1.165, 1.54) is 6.20 Å². The van der Waals surface area contributed by atoms with Crippen molar-refractivity contribution in [1.29, 1.82) is 0 Å². The SMILES string of the molecule is Cc1ccc(C(=O)N[C@H]2CC[C@H](NC(=O)O[C@@H]3CCN(c4cn[nH]c(=O)c4Cl)C3)CC2)cc1. The summed E-state index contributed by atoms with van der Waals surface area (Å²) in [6.45, 7) is 3.06. The van der Waals surface area contributed by atoms with Crippen LogP contribution in [0.25, 0.3) is 0 Å². The number of rotatable bonds is 5. The van der Waals surface area contributed by atoms with Crippen molar-refractivity contribution in [3.8, 4) is 0 Å². The van der Waals surface area contributed by atoms with Gasteiger partial charge >= 0.3 is 6.09 Å². The second-order valence-corrected chi connectivity index (χ2v) is 9.07. The molecule has 0 spiro atoms. The zero-order valence-corrected chi connectivity index (χ0v) is 19.2. The molecule has 9 nitrogen and oxygen atoms in total. The number of nitrogens with one attached hydrogen (secondary N) is 3. The predicted molar refractivity (Wildman–Crippen MR) is 125 cm³/mol. The standard InChI is InChI=1S/C23H28ClN5O4/c1-14-2-4-15(5-3-14)21(30)26-16-6-8-17(9-7-16)27-23(32)33-18-10-11-29(13-18)19-12-25-28-22(31)20(19)24/h2-5,12,16-18H,6-11,13H2,1H3,(H,26,30)(H,27,32)(H,28,31)/t16-,17-,18-/m1/s1. The molecule has 1 aliphatic carbocycles. The van der Waals surface area contributed by atoms with Gasteiger partial charge < -0.3 is 20.3 Å². The number of benzene rings is 1. The van der Waals surface area contributed by atoms with Crippen molar-refractivity contribution < 1.29 is 14.3 Å². The minimum atomic E-state index is -0.443. The number of nitrogens with zero attached hydrogens (tertiary/aromatic N) is 2. The van der Waals surface area contributed by atoms with E-state index >= 15 is 0 Å². The van der Waals surface area contributed by atoms with Crippen molar-refractivity contribution in [3.63, 3.8) is 0 Å². The molecule has 2 aromatic rings. The maximum absolute atomic E-state index is 12.4. The summed E-state index contributed by atoms with van der Waals surface area (Å²) in [4.78, 5) is 38.3. The molecule has 3 N–H and O–H groups in total. The molecule has 1 saturated carbocycles. The number of amides is 2. The first-order chi connectivity index (χ1) is 15.9. The molecule has 10 heteroatoms. The lowest BCUT2D eigenvalue weighted by Gasteiger charge is -2.29. The third-order valence-corrected chi connectivity index (χ3v) is 6.60. The van der Waals surface area contributed by atoms with Crippen LogP contribution in [0, 0.1) is 6.92 Å². The predicted octanol–water partition coefficient (Wildman–Crippen LogP) is 2.78. The molecule has 1 aliphatic heterocycles. The van der Waals surface area contributed by atoms with Gasteiger partial charge in [0, 0.05) is 30.6 Å². The molecule has 1 atom stereocenters. The highest BCUT2D eigenvalue weighted by molar-refractivity contribution is 6.33. The summed E-state index contributed by atoms with van der Waals surface area (Å²) in [6.07, 6.45) is 4.57. The number of aryl methyl sites for hydroxylation is 1. The summed E-state index contributed by atoms with van der Waals surface area (Å²) in [7, 11) is 0. The van der Waals surface area contributed by atoms with Crippen molar-refractivity contribution in [2.24, 2.45) is 0 Å². The molecule has 0 bridgehead atoms. The minimum Gasteiger partial charge on any atom is -0.444 e. The number of anilines is 1. The van der Waals surface area contributed by atoms with E-state index in [1.807, 2.05) is 36.1 Å². The average Bonchev–Trinajstić information content (AvgIpc) is 3.25. The lowest BCUT2D eigenvalue weighted by Crippen LogP contribution is -2.44. The number of alkyl carbamates (subject to hydrolysis) is 1. The molecule has 176 valence electrons. The molecule has 2 aliphatic rings. The molecule has 33 heavy (non-hydrogen) atoms. The van der Waals surface area contributed by atoms with Crippen molar-refractivity contribution in [2.75, 3.05) is 18.0 Å². The summed E-state index contributed by atoms with van der Waals surface area (Å²) >= 11 is 6.07. The molecular weight excluding hydrogens is 446 g/mol. The van der Waals surface area contributed by atoms with Crippen LogP contribution in [0.4, 0.5) is 10.5 Å². The van der Waals surface area contributed by atoms with Gasteiger partial charge in [-0.1, -0.05) is 29.3 Å². The van der Waals surface area contributed by atoms with E-state index in [1.54, 1.807) is 0 Å². The molecule has 2 fully saturated rings. The number of aromatic amines is 1. The van der Waals surface area contributed by atoms with Crippen molar-refractivity contribution >= 4 is 29.3 Å². The first-order valence-electron chi connectivity index (χ1n) is 11.2. The van der Waals surface area contributed by atoms with Crippen LogP contribution in [-0.4, -0.2) is 53.5 Å². The maximum Gasteiger partial charge on any atom is 0.407 e. The lowest BCUT2D eigenvalue weighted by atomic mass is 9.91.